The lowest BCUT2D eigenvalue weighted by Crippen LogP contribution is -2.00. The van der Waals surface area contributed by atoms with Crippen molar-refractivity contribution in [2.45, 2.75) is 0 Å². The summed E-state index contributed by atoms with van der Waals surface area (Å²) < 4.78 is 7.51. The van der Waals surface area contributed by atoms with Crippen LogP contribution in [0.25, 0.3) is 113 Å². The summed E-state index contributed by atoms with van der Waals surface area (Å²) in [5, 5.41) is 7.55. The molecule has 0 aliphatic heterocycles. The van der Waals surface area contributed by atoms with Crippen LogP contribution in [0.2, 0.25) is 0 Å². The highest BCUT2D eigenvalue weighted by Gasteiger charge is 2.19. The van der Waals surface area contributed by atoms with E-state index < -0.39 is 0 Å². The number of rotatable bonds is 5. The third-order valence-corrected chi connectivity index (χ3v) is 13.3. The summed E-state index contributed by atoms with van der Waals surface area (Å²) in [5.74, 6) is 1.98. The van der Waals surface area contributed by atoms with Gasteiger partial charge >= 0.3 is 0 Å². The van der Waals surface area contributed by atoms with Gasteiger partial charge in [-0.15, -0.1) is 22.7 Å². The largest absolute Gasteiger partial charge is 0.309 e. The Bertz CT molecular complexity index is 3410. The third kappa shape index (κ3) is 5.15. The Morgan fingerprint density at radius 2 is 0.825 bits per heavy atom. The van der Waals surface area contributed by atoms with Crippen molar-refractivity contribution in [3.8, 4) is 51.0 Å². The highest BCUT2D eigenvalue weighted by Crippen LogP contribution is 2.45. The molecule has 0 bridgehead atoms. The van der Waals surface area contributed by atoms with E-state index in [4.69, 9.17) is 15.0 Å². The zero-order chi connectivity index (χ0) is 37.5. The van der Waals surface area contributed by atoms with Gasteiger partial charge in [0.1, 0.15) is 0 Å². The summed E-state index contributed by atoms with van der Waals surface area (Å²) in [7, 11) is 0. The van der Waals surface area contributed by atoms with Crippen LogP contribution in [-0.2, 0) is 0 Å². The molecule has 0 N–H and O–H groups in total. The molecule has 4 heterocycles. The van der Waals surface area contributed by atoms with Gasteiger partial charge in [-0.05, 0) is 71.8 Å². The lowest BCUT2D eigenvalue weighted by atomic mass is 9.97. The fourth-order valence-corrected chi connectivity index (χ4v) is 10.7. The Labute approximate surface area is 335 Å². The van der Waals surface area contributed by atoms with Gasteiger partial charge in [-0.25, -0.2) is 15.0 Å². The van der Waals surface area contributed by atoms with Crippen molar-refractivity contribution in [1.29, 1.82) is 0 Å². The zero-order valence-corrected chi connectivity index (χ0v) is 32.1. The van der Waals surface area contributed by atoms with Crippen LogP contribution in [0.4, 0.5) is 0 Å². The van der Waals surface area contributed by atoms with E-state index in [0.717, 1.165) is 16.7 Å². The van der Waals surface area contributed by atoms with Gasteiger partial charge < -0.3 is 4.57 Å². The lowest BCUT2D eigenvalue weighted by molar-refractivity contribution is 1.07. The molecular formula is C51H30N4S2. The first-order chi connectivity index (χ1) is 28.2. The number of hydrogen-bond acceptors (Lipinski definition) is 5. The smallest absolute Gasteiger partial charge is 0.164 e. The molecule has 0 aliphatic rings. The third-order valence-electron chi connectivity index (χ3n) is 11.1. The van der Waals surface area contributed by atoms with E-state index in [2.05, 4.69) is 150 Å². The first kappa shape index (κ1) is 32.3. The Hall–Kier alpha value is -6.99. The van der Waals surface area contributed by atoms with Gasteiger partial charge in [-0.1, -0.05) is 121 Å². The minimum Gasteiger partial charge on any atom is -0.309 e. The maximum atomic E-state index is 5.06. The van der Waals surface area contributed by atoms with Crippen LogP contribution < -0.4 is 0 Å². The van der Waals surface area contributed by atoms with Gasteiger partial charge in [0.2, 0.25) is 0 Å². The number of hydrogen-bond donors (Lipinski definition) is 0. The van der Waals surface area contributed by atoms with Crippen molar-refractivity contribution in [2.24, 2.45) is 0 Å². The maximum Gasteiger partial charge on any atom is 0.164 e. The fraction of sp³-hybridized carbons (Fsp3) is 0. The molecule has 6 heteroatoms. The van der Waals surface area contributed by atoms with Gasteiger partial charge in [0, 0.05) is 67.8 Å². The van der Waals surface area contributed by atoms with Crippen LogP contribution in [0.15, 0.2) is 182 Å². The molecule has 0 fully saturated rings. The van der Waals surface area contributed by atoms with Gasteiger partial charge in [0.05, 0.1) is 16.7 Å². The average Bonchev–Trinajstić information content (AvgIpc) is 3.96. The topological polar surface area (TPSA) is 43.6 Å². The van der Waals surface area contributed by atoms with Crippen LogP contribution in [0.1, 0.15) is 0 Å². The van der Waals surface area contributed by atoms with Crippen molar-refractivity contribution in [3.63, 3.8) is 0 Å². The first-order valence-electron chi connectivity index (χ1n) is 19.0. The SMILES string of the molecule is c1ccc(-c2nc(-c3ccccc3)nc(-c3ccc4sc5cccc(-c6ccc7sc8cccc(-n9c%10ccccc%10c%10ccccc%109)c8c7c6)c5c4c3)n2)cc1. The molecule has 4 nitrogen and oxygen atoms in total. The number of thiophene rings is 2. The minimum atomic E-state index is 0.658. The quantitative estimate of drug-likeness (QED) is 0.175. The number of aromatic nitrogens is 4. The van der Waals surface area contributed by atoms with Crippen molar-refractivity contribution in [1.82, 2.24) is 19.5 Å². The summed E-state index contributed by atoms with van der Waals surface area (Å²) in [4.78, 5) is 15.0. The van der Waals surface area contributed by atoms with Crippen LogP contribution in [0.5, 0.6) is 0 Å². The van der Waals surface area contributed by atoms with Crippen molar-refractivity contribution in [2.75, 3.05) is 0 Å². The normalized spacial score (nSPS) is 11.9. The van der Waals surface area contributed by atoms with Crippen LogP contribution in [-0.4, -0.2) is 19.5 Å². The van der Waals surface area contributed by atoms with Crippen LogP contribution in [0.3, 0.4) is 0 Å². The zero-order valence-electron chi connectivity index (χ0n) is 30.4. The molecule has 0 saturated carbocycles. The highest BCUT2D eigenvalue weighted by molar-refractivity contribution is 7.26. The van der Waals surface area contributed by atoms with Crippen LogP contribution in [0, 0.1) is 0 Å². The molecule has 12 rings (SSSR count). The first-order valence-corrected chi connectivity index (χ1v) is 20.7. The summed E-state index contributed by atoms with van der Waals surface area (Å²) in [6.07, 6.45) is 0. The molecule has 12 aromatic rings. The monoisotopic (exact) mass is 762 g/mol. The van der Waals surface area contributed by atoms with Gasteiger partial charge in [-0.3, -0.25) is 0 Å². The standard InChI is InChI=1S/C51H30N4S2/c1-3-13-31(14-4-1)49-52-50(32-15-5-2-6-16-32)54-51(53-49)34-26-28-43-38(30-34)47-35(19-11-23-45(47)56-43)33-25-27-44-39(29-33)48-42(22-12-24-46(48)57-44)55-40-20-9-7-17-36(40)37-18-8-10-21-41(37)55/h1-30H. The second-order valence-electron chi connectivity index (χ2n) is 14.4. The number of para-hydroxylation sites is 2. The van der Waals surface area contributed by atoms with E-state index in [-0.39, 0.29) is 0 Å². The van der Waals surface area contributed by atoms with E-state index in [1.807, 2.05) is 59.1 Å². The Kier molecular flexibility index (Phi) is 7.24. The molecule has 0 aliphatic carbocycles. The molecule has 0 unspecified atom stereocenters. The predicted molar refractivity (Wildman–Crippen MR) is 242 cm³/mol. The molecular weight excluding hydrogens is 733 g/mol. The van der Waals surface area contributed by atoms with E-state index in [1.54, 1.807) is 0 Å². The van der Waals surface area contributed by atoms with E-state index in [1.165, 1.54) is 79.0 Å². The van der Waals surface area contributed by atoms with E-state index >= 15 is 0 Å². The number of fused-ring (bicyclic) bond motifs is 9. The molecule has 8 aromatic carbocycles. The van der Waals surface area contributed by atoms with Gasteiger partial charge in [0.15, 0.2) is 17.5 Å². The number of benzene rings is 8. The number of nitrogens with zero attached hydrogens (tertiary/aromatic N) is 4. The molecule has 0 spiro atoms. The highest BCUT2D eigenvalue weighted by atomic mass is 32.1. The Balaban J connectivity index is 1.05. The molecule has 0 radical (unpaired) electrons. The van der Waals surface area contributed by atoms with Crippen molar-refractivity contribution >= 4 is 84.8 Å². The summed E-state index contributed by atoms with van der Waals surface area (Å²) >= 11 is 3.69. The van der Waals surface area contributed by atoms with Crippen LogP contribution >= 0.6 is 22.7 Å². The van der Waals surface area contributed by atoms with E-state index in [0.29, 0.717) is 17.5 Å². The summed E-state index contributed by atoms with van der Waals surface area (Å²) in [6.45, 7) is 0. The molecule has 57 heavy (non-hydrogen) atoms. The van der Waals surface area contributed by atoms with Crippen molar-refractivity contribution < 1.29 is 0 Å². The van der Waals surface area contributed by atoms with Gasteiger partial charge in [-0.2, -0.15) is 0 Å². The second kappa shape index (κ2) is 12.8. The average molecular weight is 763 g/mol. The molecule has 0 amide bonds. The van der Waals surface area contributed by atoms with Gasteiger partial charge in [0.25, 0.3) is 0 Å². The molecule has 0 atom stereocenters. The summed E-state index contributed by atoms with van der Waals surface area (Å²) in [6, 6.07) is 65.0. The maximum absolute atomic E-state index is 5.06. The fourth-order valence-electron chi connectivity index (χ4n) is 8.49. The van der Waals surface area contributed by atoms with Crippen molar-refractivity contribution in [3.05, 3.63) is 182 Å². The molecule has 0 saturated heterocycles. The summed E-state index contributed by atoms with van der Waals surface area (Å²) in [5.41, 5.74) is 8.95. The molecule has 4 aromatic heterocycles. The van der Waals surface area contributed by atoms with E-state index in [9.17, 15) is 0 Å². The minimum absolute atomic E-state index is 0.658. The Morgan fingerprint density at radius 1 is 0.333 bits per heavy atom. The molecule has 266 valence electrons. The Morgan fingerprint density at radius 3 is 1.46 bits per heavy atom. The second-order valence-corrected chi connectivity index (χ2v) is 16.5. The lowest BCUT2D eigenvalue weighted by Gasteiger charge is -2.11. The predicted octanol–water partition coefficient (Wildman–Crippen LogP) is 14.4.